The molecule has 5 rings (SSSR count). The SMILES string of the molecule is C[C@@](O)(CC(=O)O)CC(=O)OC[C@H]1O[C@@H](Oc2cc3c(cc2O)[N+](=C/C=C2\C=C(C(=O)O)N[C@H](C(=O)O)C2)[C@H](C(=O)[O-])C3)[C@H](O[C@@H]2O[C@H](C(=O)O)[C@@H](O)[C@H](O)[C@@H]2O)[C@@H](O)[C@H]1O. The predicted octanol–water partition coefficient (Wildman–Crippen LogP) is -5.62. The number of carboxylic acids is 5. The summed E-state index contributed by atoms with van der Waals surface area (Å²) in [7, 11) is 0. The van der Waals surface area contributed by atoms with Crippen molar-refractivity contribution in [1.82, 2.24) is 5.32 Å². The Kier molecular flexibility index (Phi) is 14.0. The van der Waals surface area contributed by atoms with Crippen LogP contribution in [0.2, 0.25) is 0 Å². The topological polar surface area (TPSA) is 409 Å². The smallest absolute Gasteiger partial charge is 0.351 e. The summed E-state index contributed by atoms with van der Waals surface area (Å²) >= 11 is 0. The van der Waals surface area contributed by atoms with E-state index in [4.69, 9.17) is 28.8 Å². The van der Waals surface area contributed by atoms with E-state index in [1.165, 1.54) is 12.3 Å². The minimum Gasteiger partial charge on any atom is -0.543 e. The number of aliphatic hydroxyl groups excluding tert-OH is 5. The summed E-state index contributed by atoms with van der Waals surface area (Å²) in [6.45, 7) is 0.153. The second kappa shape index (κ2) is 18.5. The Morgan fingerprint density at radius 3 is 2.20 bits per heavy atom. The van der Waals surface area contributed by atoms with E-state index < -0.39 is 152 Å². The zero-order valence-corrected chi connectivity index (χ0v) is 31.6. The van der Waals surface area contributed by atoms with Crippen LogP contribution in [0.4, 0.5) is 5.69 Å². The van der Waals surface area contributed by atoms with Gasteiger partial charge in [0, 0.05) is 24.5 Å². The van der Waals surface area contributed by atoms with Crippen LogP contribution in [-0.2, 0) is 54.1 Å². The van der Waals surface area contributed by atoms with Crippen LogP contribution in [0.1, 0.15) is 31.7 Å². The lowest BCUT2D eigenvalue weighted by Crippen LogP contribution is -2.65. The zero-order chi connectivity index (χ0) is 45.2. The molecule has 1 aromatic rings. The Morgan fingerprint density at radius 1 is 0.902 bits per heavy atom. The van der Waals surface area contributed by atoms with Crippen LogP contribution >= 0.6 is 0 Å². The van der Waals surface area contributed by atoms with Gasteiger partial charge in [0.15, 0.2) is 36.2 Å². The minimum absolute atomic E-state index is 0.0458. The van der Waals surface area contributed by atoms with Crippen LogP contribution in [0, 0.1) is 0 Å². The molecule has 4 aliphatic rings. The summed E-state index contributed by atoms with van der Waals surface area (Å²) in [5, 5.41) is 127. The average molecular weight is 871 g/mol. The third-order valence-electron chi connectivity index (χ3n) is 9.99. The van der Waals surface area contributed by atoms with Gasteiger partial charge in [-0.1, -0.05) is 0 Å². The van der Waals surface area contributed by atoms with E-state index in [1.54, 1.807) is 0 Å². The fourth-order valence-electron chi connectivity index (χ4n) is 6.93. The van der Waals surface area contributed by atoms with Crippen molar-refractivity contribution < 1.29 is 118 Å². The van der Waals surface area contributed by atoms with Gasteiger partial charge in [-0.05, 0) is 24.6 Å². The number of hydrogen-bond donors (Lipinski definition) is 12. The highest BCUT2D eigenvalue weighted by Gasteiger charge is 2.53. The van der Waals surface area contributed by atoms with E-state index in [0.29, 0.717) is 0 Å². The first-order valence-electron chi connectivity index (χ1n) is 18.2. The molecule has 0 spiro atoms. The van der Waals surface area contributed by atoms with Crippen LogP contribution in [0.15, 0.2) is 35.6 Å². The van der Waals surface area contributed by atoms with Crippen LogP contribution in [0.25, 0.3) is 0 Å². The number of aliphatic carboxylic acids is 5. The lowest BCUT2D eigenvalue weighted by atomic mass is 9.97. The van der Waals surface area contributed by atoms with E-state index in [9.17, 15) is 84.9 Å². The maximum Gasteiger partial charge on any atom is 0.351 e. The molecule has 0 saturated carbocycles. The monoisotopic (exact) mass is 870 g/mol. The molecule has 2 saturated heterocycles. The number of esters is 1. The van der Waals surface area contributed by atoms with Crippen molar-refractivity contribution in [2.75, 3.05) is 6.61 Å². The molecule has 1 aromatic carbocycles. The van der Waals surface area contributed by atoms with Crippen LogP contribution in [0.5, 0.6) is 11.5 Å². The zero-order valence-electron chi connectivity index (χ0n) is 31.6. The van der Waals surface area contributed by atoms with Crippen molar-refractivity contribution >= 4 is 47.7 Å². The summed E-state index contributed by atoms with van der Waals surface area (Å²) in [4.78, 5) is 70.8. The van der Waals surface area contributed by atoms with Gasteiger partial charge in [0.25, 0.3) is 0 Å². The van der Waals surface area contributed by atoms with Crippen LogP contribution < -0.4 is 15.2 Å². The van der Waals surface area contributed by atoms with Gasteiger partial charge >= 0.3 is 29.8 Å². The molecule has 0 aliphatic carbocycles. The highest BCUT2D eigenvalue weighted by atomic mass is 16.8. The Balaban J connectivity index is 1.46. The maximum absolute atomic E-state index is 12.5. The largest absolute Gasteiger partial charge is 0.543 e. The molecule has 12 N–H and O–H groups in total. The number of nitrogens with one attached hydrogen (secondary N) is 1. The van der Waals surface area contributed by atoms with Crippen LogP contribution in [0.3, 0.4) is 0 Å². The van der Waals surface area contributed by atoms with E-state index in [-0.39, 0.29) is 29.7 Å². The fraction of sp³-hybridized carbons (Fsp3) is 0.528. The summed E-state index contributed by atoms with van der Waals surface area (Å²) in [5.74, 6) is -10.1. The highest BCUT2D eigenvalue weighted by Crippen LogP contribution is 2.41. The van der Waals surface area contributed by atoms with Crippen LogP contribution in [-0.4, -0.2) is 188 Å². The molecule has 4 heterocycles. The predicted molar refractivity (Wildman–Crippen MR) is 189 cm³/mol. The van der Waals surface area contributed by atoms with Crippen molar-refractivity contribution in [2.45, 2.75) is 112 Å². The number of aromatic hydroxyl groups is 1. The first kappa shape index (κ1) is 46.3. The molecule has 4 aliphatic heterocycles. The number of carbonyl (C=O) groups excluding carboxylic acids is 2. The number of ether oxygens (including phenoxy) is 5. The van der Waals surface area contributed by atoms with Gasteiger partial charge in [-0.15, -0.1) is 0 Å². The lowest BCUT2D eigenvalue weighted by Gasteiger charge is -2.45. The number of phenols is 1. The molecule has 25 nitrogen and oxygen atoms in total. The number of hydrogen-bond acceptors (Lipinski definition) is 20. The molecule has 61 heavy (non-hydrogen) atoms. The maximum atomic E-state index is 12.5. The molecule has 0 aromatic heterocycles. The summed E-state index contributed by atoms with van der Waals surface area (Å²) < 4.78 is 28.5. The van der Waals surface area contributed by atoms with Gasteiger partial charge < -0.3 is 95.1 Å². The number of allylic oxidation sites excluding steroid dienone is 2. The standard InChI is InChI=1S/C36H42N2O23/c1-36(56,9-21(40)41)10-22(42)57-11-20-23(43)25(45)29(61-34-27(47)24(44)26(46)28(60-34)33(54)55)35(59-20)58-19-7-13-6-17(32(52)53)38(16(13)8-18(19)39)3-2-12-4-14(30(48)49)37-15(5-12)31(50)51/h2-4,7-8,15,17,20,23-29,34-35,43-47,56H,5-6,9-11H2,1H3,(H6,39,40,41,48,49,50,51,52,53,54,55)/t15-,17-,20+,23-,24-,25-,26-,27-,28-,29+,34-,35+,36+/m0/s1. The van der Waals surface area contributed by atoms with Crippen molar-refractivity contribution in [3.63, 3.8) is 0 Å². The molecule has 0 unspecified atom stereocenters. The molecule has 0 radical (unpaired) electrons. The van der Waals surface area contributed by atoms with E-state index in [0.717, 1.165) is 29.7 Å². The van der Waals surface area contributed by atoms with E-state index in [2.05, 4.69) is 5.32 Å². The lowest BCUT2D eigenvalue weighted by molar-refractivity contribution is -0.475. The first-order chi connectivity index (χ1) is 28.5. The van der Waals surface area contributed by atoms with Gasteiger partial charge in [-0.2, -0.15) is 4.58 Å². The third kappa shape index (κ3) is 10.6. The fourth-order valence-corrected chi connectivity index (χ4v) is 6.93. The number of rotatable bonds is 15. The van der Waals surface area contributed by atoms with Gasteiger partial charge in [0.1, 0.15) is 60.9 Å². The highest BCUT2D eigenvalue weighted by molar-refractivity contribution is 5.89. The number of phenolic OH excluding ortho intramolecular Hbond substituents is 1. The number of benzene rings is 1. The Bertz CT molecular complexity index is 2010. The average Bonchev–Trinajstić information content (AvgIpc) is 3.52. The molecular weight excluding hydrogens is 828 g/mol. The molecule has 13 atom stereocenters. The number of aliphatic hydroxyl groups is 6. The Hall–Kier alpha value is -5.77. The molecule has 2 fully saturated rings. The summed E-state index contributed by atoms with van der Waals surface area (Å²) in [5.41, 5.74) is -2.12. The number of nitrogens with zero attached hydrogens (tertiary/aromatic N) is 1. The van der Waals surface area contributed by atoms with Crippen molar-refractivity contribution in [1.29, 1.82) is 0 Å². The summed E-state index contributed by atoms with van der Waals surface area (Å²) in [6.07, 6.45) is -19.5. The Morgan fingerprint density at radius 2 is 1.59 bits per heavy atom. The van der Waals surface area contributed by atoms with Crippen molar-refractivity contribution in [2.24, 2.45) is 0 Å². The third-order valence-corrected chi connectivity index (χ3v) is 9.99. The van der Waals surface area contributed by atoms with E-state index >= 15 is 0 Å². The molecular formula is C36H42N2O23. The molecule has 0 amide bonds. The van der Waals surface area contributed by atoms with Crippen molar-refractivity contribution in [3.8, 4) is 11.5 Å². The first-order valence-corrected chi connectivity index (χ1v) is 18.2. The van der Waals surface area contributed by atoms with Gasteiger partial charge in [0.2, 0.25) is 18.0 Å². The molecule has 25 heteroatoms. The second-order valence-electron chi connectivity index (χ2n) is 14.8. The van der Waals surface area contributed by atoms with Gasteiger partial charge in [-0.3, -0.25) is 9.59 Å². The van der Waals surface area contributed by atoms with Gasteiger partial charge in [0.05, 0.1) is 24.5 Å². The van der Waals surface area contributed by atoms with Gasteiger partial charge in [-0.25, -0.2) is 14.4 Å². The Labute approximate surface area is 342 Å². The quantitative estimate of drug-likeness (QED) is 0.0577. The molecule has 0 bridgehead atoms. The minimum atomic E-state index is -2.19. The molecule has 334 valence electrons. The second-order valence-corrected chi connectivity index (χ2v) is 14.8. The number of carbonyl (C=O) groups is 6. The number of carboxylic acid groups (broad SMARTS) is 5. The normalized spacial score (nSPS) is 33.4. The number of fused-ring (bicyclic) bond motifs is 1. The summed E-state index contributed by atoms with van der Waals surface area (Å²) in [6, 6.07) is -0.630. The van der Waals surface area contributed by atoms with E-state index in [1.807, 2.05) is 0 Å². The van der Waals surface area contributed by atoms with Crippen molar-refractivity contribution in [3.05, 3.63) is 41.1 Å².